The van der Waals surface area contributed by atoms with Crippen LogP contribution in [0.15, 0.2) is 82.4 Å². The summed E-state index contributed by atoms with van der Waals surface area (Å²) in [6.07, 6.45) is 16.4. The van der Waals surface area contributed by atoms with E-state index >= 15 is 0 Å². The topological polar surface area (TPSA) is 91.2 Å². The second kappa shape index (κ2) is 17.4. The molecule has 3 N–H and O–H groups in total. The van der Waals surface area contributed by atoms with Crippen LogP contribution in [0.25, 0.3) is 11.6 Å². The minimum atomic E-state index is -0.281. The van der Waals surface area contributed by atoms with E-state index in [-0.39, 0.29) is 17.5 Å². The normalized spacial score (nSPS) is 14.7. The molecule has 51 heavy (non-hydrogen) atoms. The van der Waals surface area contributed by atoms with Crippen molar-refractivity contribution in [2.24, 2.45) is 4.99 Å². The molecule has 3 aromatic carbocycles. The quantitative estimate of drug-likeness (QED) is 0.0841. The smallest absolute Gasteiger partial charge is 0.338 e. The molecule has 0 heterocycles. The molecular weight excluding hydrogens is 633 g/mol. The molecule has 0 saturated carbocycles. The lowest BCUT2D eigenvalue weighted by Gasteiger charge is -2.30. The number of aromatic hydroxyl groups is 2. The molecule has 0 atom stereocenters. The number of unbranched alkanes of at least 4 members (excludes halogenated alkanes) is 6. The summed E-state index contributed by atoms with van der Waals surface area (Å²) in [5.41, 5.74) is 13.9. The van der Waals surface area contributed by atoms with Crippen LogP contribution in [0.1, 0.15) is 115 Å². The number of esters is 1. The lowest BCUT2D eigenvalue weighted by Crippen LogP contribution is -2.17. The van der Waals surface area contributed by atoms with Crippen molar-refractivity contribution >= 4 is 29.0 Å². The highest BCUT2D eigenvalue weighted by atomic mass is 16.5. The summed E-state index contributed by atoms with van der Waals surface area (Å²) in [5, 5.41) is 23.9. The number of aryl methyl sites for hydroxylation is 1. The van der Waals surface area contributed by atoms with Crippen LogP contribution in [0.3, 0.4) is 0 Å². The summed E-state index contributed by atoms with van der Waals surface area (Å²) in [6.45, 7) is 14.1. The highest BCUT2D eigenvalue weighted by molar-refractivity contribution is 6.13. The SMILES string of the molecule is CCN=C1C=C2Cc3cc(NCC)c(C)cc3C(c3ccccc3C(=O)OCCCCCCCC/C=C/c3cc(O)c(C)c(C)c3O)=C2C=C1C. The van der Waals surface area contributed by atoms with Crippen LogP contribution in [0, 0.1) is 20.8 Å². The first-order valence-electron chi connectivity index (χ1n) is 18.7. The molecule has 268 valence electrons. The van der Waals surface area contributed by atoms with Gasteiger partial charge in [0.25, 0.3) is 0 Å². The third-order valence-corrected chi connectivity index (χ3v) is 10.1. The predicted octanol–water partition coefficient (Wildman–Crippen LogP) is 10.8. The Hall–Kier alpha value is -4.84. The zero-order valence-electron chi connectivity index (χ0n) is 31.3. The number of anilines is 1. The predicted molar refractivity (Wildman–Crippen MR) is 212 cm³/mol. The van der Waals surface area contributed by atoms with E-state index in [4.69, 9.17) is 9.73 Å². The van der Waals surface area contributed by atoms with E-state index in [0.29, 0.717) is 28.9 Å². The van der Waals surface area contributed by atoms with Gasteiger partial charge in [-0.15, -0.1) is 0 Å². The van der Waals surface area contributed by atoms with Crippen molar-refractivity contribution in [1.82, 2.24) is 0 Å². The van der Waals surface area contributed by atoms with Crippen LogP contribution >= 0.6 is 0 Å². The zero-order chi connectivity index (χ0) is 36.5. The number of carbonyl (C=O) groups is 1. The largest absolute Gasteiger partial charge is 0.508 e. The summed E-state index contributed by atoms with van der Waals surface area (Å²) in [7, 11) is 0. The fourth-order valence-electron chi connectivity index (χ4n) is 7.05. The molecule has 6 heteroatoms. The molecule has 0 spiro atoms. The van der Waals surface area contributed by atoms with E-state index in [1.165, 1.54) is 22.3 Å². The Morgan fingerprint density at radius 3 is 2.41 bits per heavy atom. The Bertz CT molecular complexity index is 1920. The molecule has 0 aromatic heterocycles. The molecular formula is C45H54N2O4. The lowest BCUT2D eigenvalue weighted by atomic mass is 9.75. The van der Waals surface area contributed by atoms with Crippen molar-refractivity contribution in [2.75, 3.05) is 25.0 Å². The van der Waals surface area contributed by atoms with Crippen LogP contribution in [-0.2, 0) is 11.2 Å². The van der Waals surface area contributed by atoms with E-state index < -0.39 is 0 Å². The number of fused-ring (bicyclic) bond motifs is 2. The molecule has 0 saturated heterocycles. The number of phenolic OH excluding ortho intramolecular Hbond substituents is 2. The summed E-state index contributed by atoms with van der Waals surface area (Å²) >= 11 is 0. The van der Waals surface area contributed by atoms with Gasteiger partial charge in [0.05, 0.1) is 17.9 Å². The van der Waals surface area contributed by atoms with Crippen molar-refractivity contribution in [3.63, 3.8) is 0 Å². The molecule has 0 unspecified atom stereocenters. The maximum Gasteiger partial charge on any atom is 0.338 e. The Morgan fingerprint density at radius 2 is 1.65 bits per heavy atom. The maximum atomic E-state index is 13.7. The van der Waals surface area contributed by atoms with Crippen molar-refractivity contribution in [1.29, 1.82) is 0 Å². The minimum Gasteiger partial charge on any atom is -0.508 e. The summed E-state index contributed by atoms with van der Waals surface area (Å²) < 4.78 is 5.90. The number of allylic oxidation sites excluding steroid dienone is 6. The molecule has 2 aliphatic rings. The first-order chi connectivity index (χ1) is 24.6. The van der Waals surface area contributed by atoms with Crippen molar-refractivity contribution in [2.45, 2.75) is 92.9 Å². The van der Waals surface area contributed by atoms with Gasteiger partial charge in [0, 0.05) is 24.3 Å². The summed E-state index contributed by atoms with van der Waals surface area (Å²) in [5.74, 6) is 0.161. The van der Waals surface area contributed by atoms with E-state index in [9.17, 15) is 15.0 Å². The van der Waals surface area contributed by atoms with Crippen LogP contribution in [-0.4, -0.2) is 41.6 Å². The summed E-state index contributed by atoms with van der Waals surface area (Å²) in [6, 6.07) is 14.0. The number of aliphatic imine (C=N–C) groups is 1. The van der Waals surface area contributed by atoms with Gasteiger partial charge in [-0.3, -0.25) is 4.99 Å². The van der Waals surface area contributed by atoms with Crippen molar-refractivity contribution in [3.8, 4) is 11.5 Å². The van der Waals surface area contributed by atoms with Crippen molar-refractivity contribution in [3.05, 3.63) is 122 Å². The number of benzene rings is 3. The third-order valence-electron chi connectivity index (χ3n) is 10.1. The van der Waals surface area contributed by atoms with Crippen LogP contribution in [0.4, 0.5) is 5.69 Å². The van der Waals surface area contributed by atoms with E-state index in [2.05, 4.69) is 69.4 Å². The van der Waals surface area contributed by atoms with Gasteiger partial charge in [0.15, 0.2) is 0 Å². The first kappa shape index (κ1) is 37.4. The van der Waals surface area contributed by atoms with E-state index in [1.54, 1.807) is 13.0 Å². The van der Waals surface area contributed by atoms with Gasteiger partial charge in [-0.05, 0) is 159 Å². The highest BCUT2D eigenvalue weighted by Gasteiger charge is 2.29. The van der Waals surface area contributed by atoms with Crippen LogP contribution in [0.2, 0.25) is 0 Å². The highest BCUT2D eigenvalue weighted by Crippen LogP contribution is 2.44. The molecule has 0 aliphatic heterocycles. The van der Waals surface area contributed by atoms with Gasteiger partial charge in [0.2, 0.25) is 0 Å². The number of phenols is 2. The molecule has 6 nitrogen and oxygen atoms in total. The Balaban J connectivity index is 1.20. The molecule has 0 radical (unpaired) electrons. The number of nitrogens with one attached hydrogen (secondary N) is 1. The van der Waals surface area contributed by atoms with Gasteiger partial charge in [-0.1, -0.05) is 56.0 Å². The van der Waals surface area contributed by atoms with Gasteiger partial charge in [0.1, 0.15) is 11.5 Å². The lowest BCUT2D eigenvalue weighted by molar-refractivity contribution is 0.0497. The molecule has 0 bridgehead atoms. The Labute approximate surface area is 304 Å². The van der Waals surface area contributed by atoms with Gasteiger partial charge in [-0.25, -0.2) is 4.79 Å². The van der Waals surface area contributed by atoms with Crippen LogP contribution in [0.5, 0.6) is 11.5 Å². The average molecular weight is 687 g/mol. The van der Waals surface area contributed by atoms with Gasteiger partial charge < -0.3 is 20.3 Å². The minimum absolute atomic E-state index is 0.209. The second-order valence-electron chi connectivity index (χ2n) is 13.8. The number of hydrogen-bond donors (Lipinski definition) is 3. The number of rotatable bonds is 15. The standard InChI is InChI=1S/C45H54N2O4/c1-7-46-40-26-34-25-35-27-41(47-8-2)30(4)24-39(35)43(38(34)23-29(40)3)36-20-16-17-21-37(36)45(50)51-22-18-14-12-10-9-11-13-15-19-33-28-42(48)31(5)32(6)44(33)49/h15-17,19-21,23-24,26-28,46,48-49H,7-14,18,22,25H2,1-6H3/b19-15+,47-41?. The zero-order valence-corrected chi connectivity index (χ0v) is 31.3. The number of carbonyl (C=O) groups excluding carboxylic acids is 1. The van der Waals surface area contributed by atoms with Crippen LogP contribution < -0.4 is 5.32 Å². The Kier molecular flexibility index (Phi) is 12.8. The third kappa shape index (κ3) is 8.73. The average Bonchev–Trinajstić information content (AvgIpc) is 3.12. The van der Waals surface area contributed by atoms with E-state index in [1.807, 2.05) is 31.2 Å². The molecule has 0 fully saturated rings. The fraction of sp³-hybridized carbons (Fsp3) is 0.378. The Morgan fingerprint density at radius 1 is 0.902 bits per heavy atom. The maximum absolute atomic E-state index is 13.7. The summed E-state index contributed by atoms with van der Waals surface area (Å²) in [4.78, 5) is 18.4. The van der Waals surface area contributed by atoms with Gasteiger partial charge >= 0.3 is 5.97 Å². The molecule has 2 aliphatic carbocycles. The number of hydrogen-bond acceptors (Lipinski definition) is 6. The second-order valence-corrected chi connectivity index (χ2v) is 13.8. The molecule has 0 amide bonds. The molecule has 3 aromatic rings. The monoisotopic (exact) mass is 686 g/mol. The number of ether oxygens (including phenoxy) is 1. The first-order valence-corrected chi connectivity index (χ1v) is 18.7. The van der Waals surface area contributed by atoms with E-state index in [0.717, 1.165) is 98.1 Å². The van der Waals surface area contributed by atoms with Gasteiger partial charge in [-0.2, -0.15) is 0 Å². The van der Waals surface area contributed by atoms with Crippen molar-refractivity contribution < 1.29 is 19.7 Å². The molecule has 5 rings (SSSR count). The number of nitrogens with zero attached hydrogens (tertiary/aromatic N) is 1. The fourth-order valence-corrected chi connectivity index (χ4v) is 7.05.